The van der Waals surface area contributed by atoms with E-state index >= 15 is 0 Å². The molecule has 7 heteroatoms. The molecule has 94 valence electrons. The van der Waals surface area contributed by atoms with Crippen molar-refractivity contribution in [3.05, 3.63) is 24.3 Å². The topological polar surface area (TPSA) is 95.9 Å². The molecule has 0 saturated heterocycles. The van der Waals surface area contributed by atoms with Gasteiger partial charge < -0.3 is 0 Å². The summed E-state index contributed by atoms with van der Waals surface area (Å²) in [7, 11) is 1.32. The van der Waals surface area contributed by atoms with E-state index in [2.05, 4.69) is 10.1 Å². The van der Waals surface area contributed by atoms with Crippen molar-refractivity contribution >= 4 is 30.2 Å². The zero-order chi connectivity index (χ0) is 12.9. The minimum absolute atomic E-state index is 0.0293. The van der Waals surface area contributed by atoms with Crippen molar-refractivity contribution in [1.82, 2.24) is 0 Å². The van der Waals surface area contributed by atoms with Crippen LogP contribution in [0.2, 0.25) is 0 Å². The van der Waals surface area contributed by atoms with Gasteiger partial charge in [-0.3, -0.25) is 0 Å². The molecule has 0 spiro atoms. The van der Waals surface area contributed by atoms with Gasteiger partial charge in [0.05, 0.1) is 0 Å². The third-order valence-electron chi connectivity index (χ3n) is 2.09. The van der Waals surface area contributed by atoms with Gasteiger partial charge in [0.2, 0.25) is 0 Å². The van der Waals surface area contributed by atoms with Gasteiger partial charge in [0, 0.05) is 0 Å². The average molecular weight is 303 g/mol. The first-order valence-corrected chi connectivity index (χ1v) is 8.28. The summed E-state index contributed by atoms with van der Waals surface area (Å²) >= 11 is -4.79. The predicted molar refractivity (Wildman–Crippen MR) is 62.1 cm³/mol. The van der Waals surface area contributed by atoms with Crippen molar-refractivity contribution in [3.8, 4) is 0 Å². The Morgan fingerprint density at radius 3 is 2.41 bits per heavy atom. The number of rotatable bonds is 5. The molecule has 17 heavy (non-hydrogen) atoms. The summed E-state index contributed by atoms with van der Waals surface area (Å²) in [6.45, 7) is 0.410. The van der Waals surface area contributed by atoms with Crippen LogP contribution in [0.4, 0.5) is 5.69 Å². The van der Waals surface area contributed by atoms with E-state index in [0.29, 0.717) is 12.2 Å². The van der Waals surface area contributed by atoms with Crippen molar-refractivity contribution < 1.29 is 21.5 Å². The fourth-order valence-electron chi connectivity index (χ4n) is 1.18. The number of esters is 1. The third kappa shape index (κ3) is 4.64. The molecule has 0 fully saturated rings. The second-order valence-electron chi connectivity index (χ2n) is 3.34. The molecule has 3 N–H and O–H groups in total. The van der Waals surface area contributed by atoms with Crippen LogP contribution in [0.25, 0.3) is 0 Å². The van der Waals surface area contributed by atoms with Crippen molar-refractivity contribution in [2.75, 3.05) is 19.0 Å². The Hall–Kier alpha value is -1.23. The molecule has 0 amide bonds. The average Bonchev–Trinajstić information content (AvgIpc) is 2.28. The molecule has 1 rings (SSSR count). The molecule has 0 heterocycles. The fraction of sp³-hybridized carbons (Fsp3) is 0.300. The van der Waals surface area contributed by atoms with Crippen molar-refractivity contribution in [1.29, 1.82) is 0 Å². The van der Waals surface area contributed by atoms with Gasteiger partial charge >= 0.3 is 101 Å². The van der Waals surface area contributed by atoms with Crippen LogP contribution in [0, 0.1) is 0 Å². The van der Waals surface area contributed by atoms with Gasteiger partial charge in [-0.25, -0.2) is 0 Å². The zero-order valence-electron chi connectivity index (χ0n) is 9.29. The van der Waals surface area contributed by atoms with E-state index in [1.807, 2.05) is 0 Å². The predicted octanol–water partition coefficient (Wildman–Crippen LogP) is -0.777. The van der Waals surface area contributed by atoms with Gasteiger partial charge in [-0.05, 0) is 0 Å². The molecule has 0 unspecified atom stereocenters. The maximum absolute atomic E-state index is 11.0. The van der Waals surface area contributed by atoms with Crippen LogP contribution in [0.15, 0.2) is 24.3 Å². The van der Waals surface area contributed by atoms with Gasteiger partial charge in [-0.15, -0.1) is 0 Å². The molecule has 6 nitrogen and oxygen atoms in total. The Bertz CT molecular complexity index is 425. The fourth-order valence-corrected chi connectivity index (χ4v) is 2.31. The molecule has 1 aromatic rings. The Morgan fingerprint density at radius 2 is 1.94 bits per heavy atom. The van der Waals surface area contributed by atoms with Crippen LogP contribution >= 0.6 is 0 Å². The summed E-state index contributed by atoms with van der Waals surface area (Å²) in [4.78, 5) is 10.8. The van der Waals surface area contributed by atoms with Crippen LogP contribution in [-0.4, -0.2) is 42.0 Å². The zero-order valence-corrected chi connectivity index (χ0v) is 11.2. The molecule has 0 atom stereocenters. The normalized spacial score (nSPS) is 11.0. The number of anilines is 1. The molecule has 0 aromatic heterocycles. The Morgan fingerprint density at radius 1 is 1.35 bits per heavy atom. The molecular formula is C10H14AsNO5. The molecule has 0 bridgehead atoms. The number of carbonyl (C=O) groups is 1. The molecule has 0 radical (unpaired) electrons. The van der Waals surface area contributed by atoms with Gasteiger partial charge in [-0.1, -0.05) is 0 Å². The summed E-state index contributed by atoms with van der Waals surface area (Å²) < 4.78 is 33.4. The van der Waals surface area contributed by atoms with Crippen molar-refractivity contribution in [2.24, 2.45) is 0 Å². The molecular weight excluding hydrogens is 289 g/mol. The first-order valence-electron chi connectivity index (χ1n) is 4.90. The number of hydrogen-bond donors (Lipinski definition) is 3. The molecule has 0 saturated carbocycles. The SMILES string of the molecule is COC(=O)CCNc1ccc([As](=O)(O)O)cc1. The van der Waals surface area contributed by atoms with E-state index in [9.17, 15) is 8.53 Å². The first kappa shape index (κ1) is 13.8. The Balaban J connectivity index is 2.52. The number of ether oxygens (including phenoxy) is 1. The number of hydrogen-bond acceptors (Lipinski definition) is 4. The van der Waals surface area contributed by atoms with Gasteiger partial charge in [0.1, 0.15) is 0 Å². The first-order chi connectivity index (χ1) is 7.93. The van der Waals surface area contributed by atoms with E-state index in [1.54, 1.807) is 12.1 Å². The number of nitrogens with one attached hydrogen (secondary N) is 1. The Kier molecular flexibility index (Phi) is 4.81. The minimum atomic E-state index is -4.79. The van der Waals surface area contributed by atoms with Crippen molar-refractivity contribution in [3.63, 3.8) is 0 Å². The maximum atomic E-state index is 11.0. The number of methoxy groups -OCH3 is 1. The molecule has 0 aliphatic heterocycles. The molecule has 1 aromatic carbocycles. The second-order valence-corrected chi connectivity index (χ2v) is 6.71. The quantitative estimate of drug-likeness (QED) is 0.488. The monoisotopic (exact) mass is 303 g/mol. The number of carbonyl (C=O) groups excluding carboxylic acids is 1. The summed E-state index contributed by atoms with van der Waals surface area (Å²) in [5.41, 5.74) is 0.696. The van der Waals surface area contributed by atoms with Crippen LogP contribution in [-0.2, 0) is 13.3 Å². The van der Waals surface area contributed by atoms with Gasteiger partial charge in [-0.2, -0.15) is 0 Å². The number of benzene rings is 1. The summed E-state index contributed by atoms with van der Waals surface area (Å²) in [5, 5.41) is 2.94. The standard InChI is InChI=1S/C10H14AsNO5/c1-17-10(13)6-7-12-9-4-2-8(3-5-9)11(14,15)16/h2-5,12H,6-7H2,1H3,(H2,14,15,16). The van der Waals surface area contributed by atoms with Crippen molar-refractivity contribution in [2.45, 2.75) is 6.42 Å². The Labute approximate surface area is 102 Å². The van der Waals surface area contributed by atoms with E-state index < -0.39 is 14.2 Å². The third-order valence-corrected chi connectivity index (χ3v) is 4.13. The van der Waals surface area contributed by atoms with Crippen LogP contribution in [0.5, 0.6) is 0 Å². The van der Waals surface area contributed by atoms with Gasteiger partial charge in [0.25, 0.3) is 0 Å². The van der Waals surface area contributed by atoms with E-state index in [4.69, 9.17) is 8.19 Å². The van der Waals surface area contributed by atoms with Crippen LogP contribution in [0.1, 0.15) is 6.42 Å². The van der Waals surface area contributed by atoms with E-state index in [0.717, 1.165) is 0 Å². The molecule has 0 aliphatic carbocycles. The van der Waals surface area contributed by atoms with Crippen LogP contribution in [0.3, 0.4) is 0 Å². The summed E-state index contributed by atoms with van der Waals surface area (Å²) in [5.74, 6) is -0.312. The van der Waals surface area contributed by atoms with Crippen LogP contribution < -0.4 is 9.67 Å². The second kappa shape index (κ2) is 5.91. The van der Waals surface area contributed by atoms with Gasteiger partial charge in [0.15, 0.2) is 0 Å². The summed E-state index contributed by atoms with van der Waals surface area (Å²) in [6.07, 6.45) is 0.237. The molecule has 0 aliphatic rings. The van der Waals surface area contributed by atoms with E-state index in [1.165, 1.54) is 19.2 Å². The summed E-state index contributed by atoms with van der Waals surface area (Å²) in [6, 6.07) is 5.88. The van der Waals surface area contributed by atoms with E-state index in [-0.39, 0.29) is 16.7 Å².